The maximum atomic E-state index is 13.3. The Labute approximate surface area is 126 Å². The molecule has 4 nitrogen and oxygen atoms in total. The zero-order chi connectivity index (χ0) is 16.4. The minimum absolute atomic E-state index is 0.0428. The van der Waals surface area contributed by atoms with E-state index in [2.05, 4.69) is 0 Å². The van der Waals surface area contributed by atoms with E-state index in [-0.39, 0.29) is 12.1 Å². The SMILES string of the molecule is CCc1c(C)cc(C(N)=O)c(=O)n1Cc1ccc(F)c(F)c1. The van der Waals surface area contributed by atoms with Gasteiger partial charge in [-0.25, -0.2) is 8.78 Å². The third-order valence-corrected chi connectivity index (χ3v) is 3.54. The van der Waals surface area contributed by atoms with Crippen LogP contribution in [0.25, 0.3) is 0 Å². The van der Waals surface area contributed by atoms with Crippen LogP contribution in [0.15, 0.2) is 29.1 Å². The first kappa shape index (κ1) is 15.9. The van der Waals surface area contributed by atoms with E-state index in [1.54, 1.807) is 6.92 Å². The highest BCUT2D eigenvalue weighted by atomic mass is 19.2. The van der Waals surface area contributed by atoms with Gasteiger partial charge in [0.1, 0.15) is 5.56 Å². The molecular formula is C16H16F2N2O2. The maximum Gasteiger partial charge on any atom is 0.263 e. The van der Waals surface area contributed by atoms with E-state index in [0.717, 1.165) is 23.4 Å². The lowest BCUT2D eigenvalue weighted by atomic mass is 10.1. The van der Waals surface area contributed by atoms with Crippen LogP contribution in [0, 0.1) is 18.6 Å². The molecule has 0 spiro atoms. The van der Waals surface area contributed by atoms with Gasteiger partial charge in [0.05, 0.1) is 6.54 Å². The second-order valence-electron chi connectivity index (χ2n) is 5.05. The lowest BCUT2D eigenvalue weighted by Crippen LogP contribution is -2.32. The monoisotopic (exact) mass is 306 g/mol. The summed E-state index contributed by atoms with van der Waals surface area (Å²) in [6, 6.07) is 4.90. The van der Waals surface area contributed by atoms with Gasteiger partial charge in [-0.1, -0.05) is 13.0 Å². The van der Waals surface area contributed by atoms with Crippen LogP contribution in [-0.4, -0.2) is 10.5 Å². The zero-order valence-corrected chi connectivity index (χ0v) is 12.3. The summed E-state index contributed by atoms with van der Waals surface area (Å²) < 4.78 is 27.7. The van der Waals surface area contributed by atoms with Crippen LogP contribution in [0.5, 0.6) is 0 Å². The van der Waals surface area contributed by atoms with E-state index >= 15 is 0 Å². The van der Waals surface area contributed by atoms with Crippen molar-refractivity contribution in [1.29, 1.82) is 0 Å². The van der Waals surface area contributed by atoms with Gasteiger partial charge >= 0.3 is 0 Å². The Kier molecular flexibility index (Phi) is 4.40. The van der Waals surface area contributed by atoms with Crippen LogP contribution in [0.2, 0.25) is 0 Å². The number of nitrogens with zero attached hydrogens (tertiary/aromatic N) is 1. The average molecular weight is 306 g/mol. The van der Waals surface area contributed by atoms with Gasteiger partial charge in [0.2, 0.25) is 0 Å². The van der Waals surface area contributed by atoms with Crippen LogP contribution in [0.4, 0.5) is 8.78 Å². The molecule has 1 heterocycles. The number of carbonyl (C=O) groups excluding carboxylic acids is 1. The van der Waals surface area contributed by atoms with Gasteiger partial charge in [-0.15, -0.1) is 0 Å². The number of amides is 1. The Bertz CT molecular complexity index is 797. The third kappa shape index (κ3) is 2.90. The van der Waals surface area contributed by atoms with Gasteiger partial charge in [0.15, 0.2) is 11.6 Å². The Hall–Kier alpha value is -2.50. The molecule has 0 fully saturated rings. The number of halogens is 2. The summed E-state index contributed by atoms with van der Waals surface area (Å²) in [4.78, 5) is 23.8. The maximum absolute atomic E-state index is 13.3. The predicted molar refractivity (Wildman–Crippen MR) is 78.8 cm³/mol. The number of aromatic nitrogens is 1. The van der Waals surface area contributed by atoms with E-state index < -0.39 is 23.1 Å². The van der Waals surface area contributed by atoms with Crippen molar-refractivity contribution in [3.8, 4) is 0 Å². The number of rotatable bonds is 4. The normalized spacial score (nSPS) is 10.7. The van der Waals surface area contributed by atoms with E-state index in [4.69, 9.17) is 5.73 Å². The minimum Gasteiger partial charge on any atom is -0.365 e. The summed E-state index contributed by atoms with van der Waals surface area (Å²) in [5.74, 6) is -2.74. The average Bonchev–Trinajstić information content (AvgIpc) is 2.46. The lowest BCUT2D eigenvalue weighted by molar-refractivity contribution is 0.0998. The Balaban J connectivity index is 2.60. The fourth-order valence-electron chi connectivity index (χ4n) is 2.48. The minimum atomic E-state index is -0.980. The van der Waals surface area contributed by atoms with Crippen molar-refractivity contribution >= 4 is 5.91 Å². The predicted octanol–water partition coefficient (Wildman–Crippen LogP) is 2.14. The molecule has 0 saturated heterocycles. The fourth-order valence-corrected chi connectivity index (χ4v) is 2.48. The van der Waals surface area contributed by atoms with Gasteiger partial charge in [-0.3, -0.25) is 9.59 Å². The second kappa shape index (κ2) is 6.09. The molecule has 2 rings (SSSR count). The second-order valence-corrected chi connectivity index (χ2v) is 5.05. The summed E-state index contributed by atoms with van der Waals surface area (Å²) in [6.07, 6.45) is 0.559. The summed E-state index contributed by atoms with van der Waals surface area (Å²) in [5, 5.41) is 0. The van der Waals surface area contributed by atoms with Crippen molar-refractivity contribution in [3.63, 3.8) is 0 Å². The van der Waals surface area contributed by atoms with E-state index in [0.29, 0.717) is 12.0 Å². The summed E-state index contributed by atoms with van der Waals surface area (Å²) in [6.45, 7) is 3.68. The fraction of sp³-hybridized carbons (Fsp3) is 0.250. The molecule has 0 aliphatic rings. The molecule has 22 heavy (non-hydrogen) atoms. The van der Waals surface area contributed by atoms with Crippen molar-refractivity contribution < 1.29 is 13.6 Å². The molecule has 1 aromatic carbocycles. The number of benzene rings is 1. The molecule has 0 unspecified atom stereocenters. The highest BCUT2D eigenvalue weighted by molar-refractivity contribution is 5.92. The van der Waals surface area contributed by atoms with Crippen LogP contribution < -0.4 is 11.3 Å². The van der Waals surface area contributed by atoms with E-state index in [1.807, 2.05) is 6.92 Å². The topological polar surface area (TPSA) is 65.1 Å². The van der Waals surface area contributed by atoms with Gasteiger partial charge in [-0.2, -0.15) is 0 Å². The molecule has 1 aromatic heterocycles. The standard InChI is InChI=1S/C16H16F2N2O2/c1-3-14-9(2)6-11(15(19)21)16(22)20(14)8-10-4-5-12(17)13(18)7-10/h4-7H,3,8H2,1-2H3,(H2,19,21). The van der Waals surface area contributed by atoms with Crippen molar-refractivity contribution in [3.05, 3.63) is 68.6 Å². The molecule has 0 bridgehead atoms. The first-order chi connectivity index (χ1) is 10.3. The molecular weight excluding hydrogens is 290 g/mol. The van der Waals surface area contributed by atoms with Crippen molar-refractivity contribution in [2.24, 2.45) is 5.73 Å². The lowest BCUT2D eigenvalue weighted by Gasteiger charge is -2.16. The Morgan fingerprint density at radius 1 is 1.23 bits per heavy atom. The first-order valence-electron chi connectivity index (χ1n) is 6.82. The number of nitrogens with two attached hydrogens (primary N) is 1. The van der Waals surface area contributed by atoms with Crippen LogP contribution >= 0.6 is 0 Å². The number of carbonyl (C=O) groups is 1. The highest BCUT2D eigenvalue weighted by Gasteiger charge is 2.15. The van der Waals surface area contributed by atoms with E-state index in [9.17, 15) is 18.4 Å². The molecule has 2 aromatic rings. The number of aryl methyl sites for hydroxylation is 1. The van der Waals surface area contributed by atoms with Crippen molar-refractivity contribution in [2.75, 3.05) is 0 Å². The molecule has 0 radical (unpaired) electrons. The first-order valence-corrected chi connectivity index (χ1v) is 6.82. The molecule has 1 amide bonds. The summed E-state index contributed by atoms with van der Waals surface area (Å²) in [5.41, 5.74) is 6.48. The molecule has 0 saturated carbocycles. The molecule has 6 heteroatoms. The number of hydrogen-bond donors (Lipinski definition) is 1. The highest BCUT2D eigenvalue weighted by Crippen LogP contribution is 2.14. The Morgan fingerprint density at radius 2 is 1.91 bits per heavy atom. The molecule has 0 atom stereocenters. The number of pyridine rings is 1. The third-order valence-electron chi connectivity index (χ3n) is 3.54. The van der Waals surface area contributed by atoms with Crippen LogP contribution in [-0.2, 0) is 13.0 Å². The van der Waals surface area contributed by atoms with Crippen LogP contribution in [0.1, 0.15) is 34.1 Å². The summed E-state index contributed by atoms with van der Waals surface area (Å²) >= 11 is 0. The quantitative estimate of drug-likeness (QED) is 0.940. The van der Waals surface area contributed by atoms with Gasteiger partial charge in [-0.05, 0) is 42.7 Å². The van der Waals surface area contributed by atoms with Crippen molar-refractivity contribution in [1.82, 2.24) is 4.57 Å². The van der Waals surface area contributed by atoms with Gasteiger partial charge < -0.3 is 10.3 Å². The van der Waals surface area contributed by atoms with Gasteiger partial charge in [0, 0.05) is 5.69 Å². The smallest absolute Gasteiger partial charge is 0.263 e. The van der Waals surface area contributed by atoms with Crippen molar-refractivity contribution in [2.45, 2.75) is 26.8 Å². The van der Waals surface area contributed by atoms with Crippen LogP contribution in [0.3, 0.4) is 0 Å². The van der Waals surface area contributed by atoms with Gasteiger partial charge in [0.25, 0.3) is 11.5 Å². The molecule has 2 N–H and O–H groups in total. The van der Waals surface area contributed by atoms with E-state index in [1.165, 1.54) is 16.7 Å². The summed E-state index contributed by atoms with van der Waals surface area (Å²) in [7, 11) is 0. The molecule has 0 aliphatic carbocycles. The molecule has 116 valence electrons. The largest absolute Gasteiger partial charge is 0.365 e. The number of primary amides is 1. The zero-order valence-electron chi connectivity index (χ0n) is 12.3. The number of hydrogen-bond acceptors (Lipinski definition) is 2. The Morgan fingerprint density at radius 3 is 2.45 bits per heavy atom. The molecule has 0 aliphatic heterocycles.